The zero-order valence-electron chi connectivity index (χ0n) is 14.8. The van der Waals surface area contributed by atoms with Crippen molar-refractivity contribution in [1.29, 1.82) is 0 Å². The third-order valence-corrected chi connectivity index (χ3v) is 4.27. The van der Waals surface area contributed by atoms with Crippen LogP contribution in [0.2, 0.25) is 0 Å². The van der Waals surface area contributed by atoms with Crippen LogP contribution in [0.1, 0.15) is 62.7 Å². The summed E-state index contributed by atoms with van der Waals surface area (Å²) in [5, 5.41) is 5.59. The highest BCUT2D eigenvalue weighted by Crippen LogP contribution is 2.17. The maximum absolute atomic E-state index is 12.3. The third kappa shape index (κ3) is 6.21. The van der Waals surface area contributed by atoms with Gasteiger partial charge in [0.25, 0.3) is 5.91 Å². The summed E-state index contributed by atoms with van der Waals surface area (Å²) in [6, 6.07) is 6.61. The standard InChI is InChI=1S/C19H26N2O4/c1-13(18(23)21-16-9-5-3-4-6-10-16)25-19(24)15-8-7-11-17(12-15)20-14(2)22/h7-8,11-13,16H,3-6,9-10H2,1-2H3,(H,20,22)(H,21,23)/t13-/m0/s1. The van der Waals surface area contributed by atoms with Gasteiger partial charge < -0.3 is 15.4 Å². The lowest BCUT2D eigenvalue weighted by Crippen LogP contribution is -2.41. The predicted molar refractivity (Wildman–Crippen MR) is 95.3 cm³/mol. The first-order valence-electron chi connectivity index (χ1n) is 8.84. The number of anilines is 1. The summed E-state index contributed by atoms with van der Waals surface area (Å²) in [6.07, 6.45) is 5.75. The van der Waals surface area contributed by atoms with Gasteiger partial charge in [-0.1, -0.05) is 31.7 Å². The number of benzene rings is 1. The van der Waals surface area contributed by atoms with E-state index in [1.54, 1.807) is 25.1 Å². The van der Waals surface area contributed by atoms with Gasteiger partial charge in [0, 0.05) is 18.7 Å². The Morgan fingerprint density at radius 2 is 1.80 bits per heavy atom. The van der Waals surface area contributed by atoms with Gasteiger partial charge >= 0.3 is 5.97 Å². The number of nitrogens with one attached hydrogen (secondary N) is 2. The van der Waals surface area contributed by atoms with E-state index in [1.165, 1.54) is 25.8 Å². The normalized spacial score (nSPS) is 16.4. The molecular weight excluding hydrogens is 320 g/mol. The van der Waals surface area contributed by atoms with Crippen molar-refractivity contribution in [3.05, 3.63) is 29.8 Å². The van der Waals surface area contributed by atoms with Gasteiger partial charge in [0.1, 0.15) is 0 Å². The molecule has 1 aromatic carbocycles. The highest BCUT2D eigenvalue weighted by atomic mass is 16.5. The molecule has 1 atom stereocenters. The van der Waals surface area contributed by atoms with E-state index in [0.717, 1.165) is 25.7 Å². The average Bonchev–Trinajstić information content (AvgIpc) is 2.83. The van der Waals surface area contributed by atoms with Gasteiger partial charge in [-0.3, -0.25) is 9.59 Å². The van der Waals surface area contributed by atoms with Gasteiger partial charge in [0.05, 0.1) is 5.56 Å². The van der Waals surface area contributed by atoms with Gasteiger partial charge in [-0.15, -0.1) is 0 Å². The molecule has 0 saturated heterocycles. The first-order valence-corrected chi connectivity index (χ1v) is 8.84. The smallest absolute Gasteiger partial charge is 0.338 e. The largest absolute Gasteiger partial charge is 0.449 e. The van der Waals surface area contributed by atoms with E-state index in [0.29, 0.717) is 11.3 Å². The second-order valence-corrected chi connectivity index (χ2v) is 6.51. The fraction of sp³-hybridized carbons (Fsp3) is 0.526. The van der Waals surface area contributed by atoms with E-state index >= 15 is 0 Å². The van der Waals surface area contributed by atoms with Crippen molar-refractivity contribution in [2.24, 2.45) is 0 Å². The first kappa shape index (κ1) is 19.0. The van der Waals surface area contributed by atoms with Gasteiger partial charge in [-0.05, 0) is 38.0 Å². The van der Waals surface area contributed by atoms with E-state index in [1.807, 2.05) is 0 Å². The molecule has 0 radical (unpaired) electrons. The van der Waals surface area contributed by atoms with Crippen LogP contribution in [0.5, 0.6) is 0 Å². The van der Waals surface area contributed by atoms with Crippen LogP contribution < -0.4 is 10.6 Å². The number of esters is 1. The minimum atomic E-state index is -0.861. The van der Waals surface area contributed by atoms with Crippen molar-refractivity contribution >= 4 is 23.5 Å². The average molecular weight is 346 g/mol. The van der Waals surface area contributed by atoms with Crippen LogP contribution in [0.25, 0.3) is 0 Å². The molecule has 6 nitrogen and oxygen atoms in total. The Morgan fingerprint density at radius 1 is 1.12 bits per heavy atom. The molecule has 136 valence electrons. The summed E-state index contributed by atoms with van der Waals surface area (Å²) in [7, 11) is 0. The molecule has 1 aliphatic rings. The second-order valence-electron chi connectivity index (χ2n) is 6.51. The van der Waals surface area contributed by atoms with E-state index in [4.69, 9.17) is 4.74 Å². The summed E-state index contributed by atoms with van der Waals surface area (Å²) in [5.74, 6) is -1.07. The highest BCUT2D eigenvalue weighted by molar-refractivity contribution is 5.95. The lowest BCUT2D eigenvalue weighted by Gasteiger charge is -2.19. The van der Waals surface area contributed by atoms with Crippen LogP contribution in [0, 0.1) is 0 Å². The zero-order chi connectivity index (χ0) is 18.2. The third-order valence-electron chi connectivity index (χ3n) is 4.27. The summed E-state index contributed by atoms with van der Waals surface area (Å²) in [5.41, 5.74) is 0.804. The molecule has 0 unspecified atom stereocenters. The fourth-order valence-corrected chi connectivity index (χ4v) is 2.95. The molecule has 0 bridgehead atoms. The van der Waals surface area contributed by atoms with Crippen LogP contribution >= 0.6 is 0 Å². The lowest BCUT2D eigenvalue weighted by atomic mass is 10.1. The molecule has 0 heterocycles. The maximum Gasteiger partial charge on any atom is 0.338 e. The summed E-state index contributed by atoms with van der Waals surface area (Å²) in [6.45, 7) is 2.96. The fourth-order valence-electron chi connectivity index (χ4n) is 2.95. The molecule has 2 rings (SSSR count). The number of carbonyl (C=O) groups excluding carboxylic acids is 3. The van der Waals surface area contributed by atoms with Crippen molar-refractivity contribution in [3.8, 4) is 0 Å². The minimum Gasteiger partial charge on any atom is -0.449 e. The number of hydrogen-bond donors (Lipinski definition) is 2. The monoisotopic (exact) mass is 346 g/mol. The van der Waals surface area contributed by atoms with Crippen molar-refractivity contribution in [2.45, 2.75) is 64.5 Å². The van der Waals surface area contributed by atoms with Crippen molar-refractivity contribution in [2.75, 3.05) is 5.32 Å². The van der Waals surface area contributed by atoms with Gasteiger partial charge in [0.2, 0.25) is 5.91 Å². The molecule has 6 heteroatoms. The number of carbonyl (C=O) groups is 3. The Hall–Kier alpha value is -2.37. The summed E-state index contributed by atoms with van der Waals surface area (Å²) >= 11 is 0. The van der Waals surface area contributed by atoms with E-state index in [2.05, 4.69) is 10.6 Å². The van der Waals surface area contributed by atoms with E-state index in [9.17, 15) is 14.4 Å². The Kier molecular flexibility index (Phi) is 6.98. The van der Waals surface area contributed by atoms with Crippen molar-refractivity contribution in [3.63, 3.8) is 0 Å². The van der Waals surface area contributed by atoms with Gasteiger partial charge in [0.15, 0.2) is 6.10 Å². The molecule has 2 N–H and O–H groups in total. The molecule has 25 heavy (non-hydrogen) atoms. The summed E-state index contributed by atoms with van der Waals surface area (Å²) < 4.78 is 5.27. The topological polar surface area (TPSA) is 84.5 Å². The van der Waals surface area contributed by atoms with Crippen LogP contribution in [0.4, 0.5) is 5.69 Å². The molecule has 1 fully saturated rings. The van der Waals surface area contributed by atoms with E-state index < -0.39 is 12.1 Å². The van der Waals surface area contributed by atoms with Crippen molar-refractivity contribution < 1.29 is 19.1 Å². The number of hydrogen-bond acceptors (Lipinski definition) is 4. The molecule has 2 amide bonds. The molecule has 1 aliphatic carbocycles. The SMILES string of the molecule is CC(=O)Nc1cccc(C(=O)O[C@@H](C)C(=O)NC2CCCCCC2)c1. The molecule has 1 saturated carbocycles. The van der Waals surface area contributed by atoms with E-state index in [-0.39, 0.29) is 17.9 Å². The maximum atomic E-state index is 12.3. The predicted octanol–water partition coefficient (Wildman–Crippen LogP) is 3.03. The van der Waals surface area contributed by atoms with Crippen LogP contribution in [-0.2, 0) is 14.3 Å². The number of amides is 2. The zero-order valence-corrected chi connectivity index (χ0v) is 14.8. The highest BCUT2D eigenvalue weighted by Gasteiger charge is 2.22. The molecule has 0 aliphatic heterocycles. The van der Waals surface area contributed by atoms with Gasteiger partial charge in [-0.25, -0.2) is 4.79 Å². The van der Waals surface area contributed by atoms with Crippen molar-refractivity contribution in [1.82, 2.24) is 5.32 Å². The molecule has 0 aromatic heterocycles. The molecule has 1 aromatic rings. The quantitative estimate of drug-likeness (QED) is 0.634. The minimum absolute atomic E-state index is 0.166. The second kappa shape index (κ2) is 9.20. The lowest BCUT2D eigenvalue weighted by molar-refractivity contribution is -0.129. The Bertz CT molecular complexity index is 622. The number of rotatable bonds is 5. The van der Waals surface area contributed by atoms with Gasteiger partial charge in [-0.2, -0.15) is 0 Å². The first-order chi connectivity index (χ1) is 12.0. The number of ether oxygens (including phenoxy) is 1. The van der Waals surface area contributed by atoms with Crippen LogP contribution in [0.3, 0.4) is 0 Å². The molecular formula is C19H26N2O4. The van der Waals surface area contributed by atoms with Crippen LogP contribution in [0.15, 0.2) is 24.3 Å². The Morgan fingerprint density at radius 3 is 2.44 bits per heavy atom. The Labute approximate surface area is 148 Å². The van der Waals surface area contributed by atoms with Crippen LogP contribution in [-0.4, -0.2) is 29.9 Å². The summed E-state index contributed by atoms with van der Waals surface area (Å²) in [4.78, 5) is 35.6. The molecule has 0 spiro atoms. The Balaban J connectivity index is 1.90.